The Balaban J connectivity index is 0.000000853. The molecule has 0 saturated carbocycles. The molecule has 38 nitrogen and oxygen atoms in total. The second-order valence-corrected chi connectivity index (χ2v) is 46.3. The number of hydrogen-bond donors (Lipinski definition) is 13. The van der Waals surface area contributed by atoms with Crippen molar-refractivity contribution in [3.05, 3.63) is 262 Å². The van der Waals surface area contributed by atoms with Crippen molar-refractivity contribution in [2.45, 2.75) is 148 Å². The Bertz CT molecular complexity index is 6780. The van der Waals surface area contributed by atoms with Crippen LogP contribution in [0.2, 0.25) is 0 Å². The summed E-state index contributed by atoms with van der Waals surface area (Å²) in [5.74, 6) is -7.60. The number of halogens is 8. The van der Waals surface area contributed by atoms with Gasteiger partial charge in [-0.05, 0) is 276 Å². The van der Waals surface area contributed by atoms with Crippen LogP contribution in [-0.2, 0) is 115 Å². The van der Waals surface area contributed by atoms with E-state index in [1.165, 1.54) is 72.2 Å². The van der Waals surface area contributed by atoms with Crippen LogP contribution in [0.5, 0.6) is 0 Å². The number of nitrogen functional groups attached to an aromatic ring is 1. The van der Waals surface area contributed by atoms with Gasteiger partial charge in [-0.1, -0.05) is 60.7 Å². The molecule has 2 heterocycles. The first kappa shape index (κ1) is 130. The molecule has 2 aromatic heterocycles. The monoisotopic (exact) mass is 2390 g/mol. The van der Waals surface area contributed by atoms with Crippen LogP contribution < -0.4 is 102 Å². The molecular weight excluding hydrogens is 2290 g/mol. The molecule has 0 aliphatic rings. The van der Waals surface area contributed by atoms with Crippen LogP contribution >= 0.6 is 89.9 Å². The zero-order chi connectivity index (χ0) is 108. The molecule has 5 atom stereocenters. The Morgan fingerprint density at radius 2 is 0.741 bits per heavy atom. The Morgan fingerprint density at radius 1 is 0.448 bits per heavy atom. The average Bonchev–Trinajstić information content (AvgIpc) is 1.80. The number of sulfone groups is 4. The number of nitriles is 2. The van der Waals surface area contributed by atoms with Crippen molar-refractivity contribution in [3.63, 3.8) is 0 Å². The average molecular weight is 2390 g/mol. The fourth-order valence-corrected chi connectivity index (χ4v) is 15.8. The summed E-state index contributed by atoms with van der Waals surface area (Å²) in [6.07, 6.45) is 4.64. The molecule has 0 spiro atoms. The van der Waals surface area contributed by atoms with Gasteiger partial charge in [0.05, 0.1) is 80.9 Å². The molecule has 0 aliphatic heterocycles. The minimum Gasteiger partial charge on any atom is -0.748 e. The number of rotatable bonds is 28. The molecule has 10 aromatic rings. The first-order valence-electron chi connectivity index (χ1n) is 40.4. The largest absolute Gasteiger partial charge is 1.00 e. The maximum Gasteiger partial charge on any atom is 1.00 e. The quantitative estimate of drug-likeness (QED) is 0.00737. The second kappa shape index (κ2) is 58.8. The summed E-state index contributed by atoms with van der Waals surface area (Å²) in [5.41, 5.74) is 47.2. The number of nitrogens with zero attached hydrogens (tertiary/aromatic N) is 4. The summed E-state index contributed by atoms with van der Waals surface area (Å²) in [6.45, 7) is 14.1. The summed E-state index contributed by atoms with van der Waals surface area (Å²) in [4.78, 5) is 93.3. The number of primary amides is 6. The fourth-order valence-electron chi connectivity index (χ4n) is 10.9. The van der Waals surface area contributed by atoms with E-state index in [-0.39, 0.29) is 119 Å². The van der Waals surface area contributed by atoms with Gasteiger partial charge in [0.15, 0.2) is 51.0 Å². The van der Waals surface area contributed by atoms with E-state index in [2.05, 4.69) is 89.8 Å². The van der Waals surface area contributed by atoms with Gasteiger partial charge in [-0.25, -0.2) is 69.2 Å². The molecule has 0 aliphatic carbocycles. The van der Waals surface area contributed by atoms with Crippen molar-refractivity contribution in [3.8, 4) is 12.1 Å². The molecule has 0 fully saturated rings. The third kappa shape index (κ3) is 50.8. The van der Waals surface area contributed by atoms with Crippen molar-refractivity contribution < 1.29 is 142 Å². The van der Waals surface area contributed by atoms with Crippen LogP contribution in [-0.4, -0.2) is 176 Å². The minimum atomic E-state index is -3.92. The van der Waals surface area contributed by atoms with Crippen LogP contribution in [0.25, 0.3) is 0 Å². The van der Waals surface area contributed by atoms with Gasteiger partial charge in [-0.3, -0.25) is 28.8 Å². The van der Waals surface area contributed by atoms with Gasteiger partial charge in [0.1, 0.15) is 69.1 Å². The van der Waals surface area contributed by atoms with Gasteiger partial charge in [0.2, 0.25) is 29.5 Å². The molecule has 21 N–H and O–H groups in total. The van der Waals surface area contributed by atoms with Crippen molar-refractivity contribution in [1.82, 2.24) is 19.4 Å². The van der Waals surface area contributed by atoms with Gasteiger partial charge < -0.3 is 86.5 Å². The number of anilines is 5. The van der Waals surface area contributed by atoms with E-state index in [1.807, 2.05) is 43.3 Å². The van der Waals surface area contributed by atoms with E-state index in [1.54, 1.807) is 109 Å². The third-order valence-electron chi connectivity index (χ3n) is 17.5. The predicted octanol–water partition coefficient (Wildman–Crippen LogP) is 7.61. The first-order valence-corrected chi connectivity index (χ1v) is 54.0. The number of nitrogens with one attached hydrogen (secondary N) is 5. The van der Waals surface area contributed by atoms with E-state index >= 15 is 0 Å². The number of carbonyl (C=O) groups excluding carboxylic acids is 8. The number of amides is 8. The number of alkyl carbamates (subject to hydrolysis) is 2. The molecule has 54 heteroatoms. The summed E-state index contributed by atoms with van der Waals surface area (Å²) < 4.78 is 192. The fraction of sp³-hybridized carbons (Fsp3) is 0.281. The van der Waals surface area contributed by atoms with Gasteiger partial charge in [0, 0.05) is 69.5 Å². The molecule has 0 bridgehead atoms. The maximum absolute atomic E-state index is 14.8. The Labute approximate surface area is 892 Å². The molecule has 143 heavy (non-hydrogen) atoms. The summed E-state index contributed by atoms with van der Waals surface area (Å²) in [6, 6.07) is 41.1. The van der Waals surface area contributed by atoms with E-state index in [4.69, 9.17) is 78.8 Å². The van der Waals surface area contributed by atoms with Gasteiger partial charge in [0.25, 0.3) is 5.91 Å². The topological polar surface area (TPSA) is 690 Å². The van der Waals surface area contributed by atoms with E-state index in [9.17, 15) is 89.6 Å². The van der Waals surface area contributed by atoms with Crippen LogP contribution in [0.1, 0.15) is 102 Å². The Hall–Kier alpha value is -11.1. The molecule has 0 unspecified atom stereocenters. The summed E-state index contributed by atoms with van der Waals surface area (Å²) in [5, 5.41) is 32.1. The van der Waals surface area contributed by atoms with Gasteiger partial charge in [-0.2, -0.15) is 19.3 Å². The van der Waals surface area contributed by atoms with Crippen molar-refractivity contribution >= 4 is 214 Å². The predicted molar refractivity (Wildman–Crippen MR) is 548 cm³/mol. The number of carbonyl (C=O) groups is 8. The normalized spacial score (nSPS) is 12.0. The molecule has 10 rings (SSSR count). The van der Waals surface area contributed by atoms with Crippen LogP contribution in [0.4, 0.5) is 54.2 Å². The number of nitrogens with two attached hydrogens (primary N) is 8. The number of benzene rings is 8. The SMILES string of the molecule is CC(C)(C)OC(=O)N[C@H](Cc1ccc(I)cc1)C(N)=O.CC(C)(C)OC(=O)N[C@H](Cc1ccc(S(C)(=O)=O)cc1)C(N)=O.CS(=O)(=O)[O-].CS(=O)(=O)c1ccc(C[C@@H](N)C(N)=O)cc1.CS(=O)(=O)c1ccc(C[C@@H](Nc2cc(Br)c(C#N)cc2F)C(N)=O)cc1.Cc1cc(N)sn1.Cc1cc(Nc2cc(N[C@H](Cc3ccc(S(C)(=O)=O)cc3)C(N)=O)c(F)cc2C(N)=O)sn1.Cl.N#Cc1cc(F)c(F)cc1Br.[Na+]. The van der Waals surface area contributed by atoms with E-state index in [0.717, 1.165) is 91.9 Å². The summed E-state index contributed by atoms with van der Waals surface area (Å²) in [7, 11) is -17.1. The van der Waals surface area contributed by atoms with E-state index in [0.29, 0.717) is 45.3 Å². The zero-order valence-electron chi connectivity index (χ0n) is 79.0. The molecule has 0 radical (unpaired) electrons. The summed E-state index contributed by atoms with van der Waals surface area (Å²) >= 11 is 10.8. The van der Waals surface area contributed by atoms with Crippen LogP contribution in [0.15, 0.2) is 198 Å². The molecule has 8 amide bonds. The molecule has 8 aromatic carbocycles. The van der Waals surface area contributed by atoms with Crippen molar-refractivity contribution in [1.29, 1.82) is 10.5 Å². The number of ether oxygens (including phenoxy) is 2. The van der Waals surface area contributed by atoms with Crippen LogP contribution in [0.3, 0.4) is 0 Å². The second-order valence-electron chi connectivity index (χ2n) is 32.3. The number of aryl methyl sites for hydroxylation is 2. The molecular formula is C89H104Br2ClF4IN17NaO21S7. The van der Waals surface area contributed by atoms with Crippen LogP contribution in [0, 0.1) is 63.3 Å². The standard InChI is InChI=1S/C21H22FN5O4S2.C17H15BrFN3O3S.C15H22N2O5S.C14H19IN2O3.C10H14N2O3S.C7H2BrF2N.C4H6N2S.CH4O3S.ClH.Na/c1-11-7-19(32-27-11)26-16-10-17(15(22)9-14(16)20(23)28)25-18(21(24)29)8-12-3-5-13(6-4-12)33(2,30)31;1-26(24,25)12-4-2-10(3-5-12)6-16(17(21)23)22-15-8-13(18)11(9-20)7-14(15)19;1-15(2,3)22-14(19)17-12(13(16)18)9-10-5-7-11(8-6-10)23(4,20)21;1-14(2,3)20-13(19)17-11(12(16)18)8-9-4-6-10(15)7-5-9;1-16(14,15)8-4-2-7(3-5-8)6-9(11)10(12)13;8-5-2-7(10)6(9)1-4(5)3-11;1-3-2-4(5)7-6-3;1-5(2,3)4;;/h3-7,9-10,18,25-26H,8H2,1-2H3,(H2,23,28)(H2,24,29);2-5,7-8,16,22H,6H2,1H3,(H2,21,23);5-8,12H,9H2,1-4H3,(H2,16,18)(H,17,19);4-7,11H,8H2,1-3H3,(H2,16,18)(H,17,19);2-5,9H,6,11H2,1H3,(H2,12,13);1-2H;2H,5H2,1H3;1H3,(H,2,3,4);1H;/q;;;;;;;;;+1/p-1/t18-;16-;12-;11-;9-;;;;;/m11111...../s1. The first-order chi connectivity index (χ1) is 64.8. The minimum absolute atomic E-state index is 0. The van der Waals surface area contributed by atoms with Crippen molar-refractivity contribution in [2.24, 2.45) is 40.1 Å². The number of hydrogen-bond acceptors (Lipinski definition) is 32. The van der Waals surface area contributed by atoms with Crippen molar-refractivity contribution in [2.75, 3.05) is 53.0 Å². The zero-order valence-corrected chi connectivity index (χ0v) is 92.8. The smallest absolute Gasteiger partial charge is 0.748 e. The number of aromatic nitrogens is 2. The maximum atomic E-state index is 14.8. The third-order valence-corrected chi connectivity index (χ3v) is 25.6. The molecule has 770 valence electrons. The van der Waals surface area contributed by atoms with E-state index < -0.39 is 162 Å². The Kier molecular flexibility index (Phi) is 53.4. The molecule has 0 saturated heterocycles. The van der Waals surface area contributed by atoms with Gasteiger partial charge >= 0.3 is 41.7 Å². The van der Waals surface area contributed by atoms with Gasteiger partial charge in [-0.15, -0.1) is 12.4 Å². The Morgan fingerprint density at radius 3 is 1.02 bits per heavy atom.